The van der Waals surface area contributed by atoms with E-state index in [-0.39, 0.29) is 36.1 Å². The molecule has 0 aliphatic rings. The maximum atomic E-state index is 11.9. The van der Waals surface area contributed by atoms with Crippen molar-refractivity contribution in [2.24, 2.45) is 5.73 Å². The Morgan fingerprint density at radius 3 is 2.61 bits per heavy atom. The van der Waals surface area contributed by atoms with E-state index in [9.17, 15) is 4.79 Å². The molecule has 0 aliphatic heterocycles. The van der Waals surface area contributed by atoms with Crippen molar-refractivity contribution in [3.63, 3.8) is 0 Å². The monoisotopic (exact) mass is 379 g/mol. The maximum absolute atomic E-state index is 11.9. The summed E-state index contributed by atoms with van der Waals surface area (Å²) in [6.07, 6.45) is 2.16. The van der Waals surface area contributed by atoms with Crippen molar-refractivity contribution >= 4 is 42.1 Å². The number of nitrogens with two attached hydrogens (primary N) is 1. The molecule has 2 rings (SSSR count). The van der Waals surface area contributed by atoms with E-state index in [1.165, 1.54) is 6.26 Å². The van der Waals surface area contributed by atoms with E-state index in [2.05, 4.69) is 36.5 Å². The van der Waals surface area contributed by atoms with Crippen molar-refractivity contribution in [1.82, 2.24) is 10.3 Å². The zero-order chi connectivity index (χ0) is 15.5. The Hall–Kier alpha value is -1.08. The summed E-state index contributed by atoms with van der Waals surface area (Å²) in [4.78, 5) is 16.5. The van der Waals surface area contributed by atoms with Crippen LogP contribution in [0, 0.1) is 0 Å². The molecule has 3 N–H and O–H groups in total. The number of carbonyl (C=O) groups excluding carboxylic acids is 1. The Bertz CT molecular complexity index is 620. The SMILES string of the molecule is CC(C)(C)c1csc(CCNC(=O)c2coc(CN)c2)n1.Cl.Cl. The number of rotatable bonds is 5. The first-order valence-electron chi connectivity index (χ1n) is 6.90. The standard InChI is InChI=1S/C15H21N3O2S.2ClH/c1-15(2,3)12-9-21-13(18-12)4-5-17-14(19)10-6-11(7-16)20-8-10;;/h6,8-9H,4-5,7,16H2,1-3H3,(H,17,19);2*1H. The lowest BCUT2D eigenvalue weighted by Gasteiger charge is -2.14. The van der Waals surface area contributed by atoms with Gasteiger partial charge in [-0.15, -0.1) is 36.2 Å². The molecule has 5 nitrogen and oxygen atoms in total. The number of aromatic nitrogens is 1. The Balaban J connectivity index is 0.00000242. The summed E-state index contributed by atoms with van der Waals surface area (Å²) in [5.41, 5.74) is 7.11. The molecule has 2 aromatic heterocycles. The number of hydrogen-bond donors (Lipinski definition) is 2. The quantitative estimate of drug-likeness (QED) is 0.834. The highest BCUT2D eigenvalue weighted by molar-refractivity contribution is 7.09. The molecule has 0 spiro atoms. The van der Waals surface area contributed by atoms with E-state index >= 15 is 0 Å². The third-order valence-corrected chi connectivity index (χ3v) is 3.97. The first-order valence-corrected chi connectivity index (χ1v) is 7.78. The van der Waals surface area contributed by atoms with E-state index in [1.807, 2.05) is 0 Å². The lowest BCUT2D eigenvalue weighted by molar-refractivity contribution is 0.0953. The highest BCUT2D eigenvalue weighted by Gasteiger charge is 2.17. The molecule has 23 heavy (non-hydrogen) atoms. The van der Waals surface area contributed by atoms with Gasteiger partial charge in [0.05, 0.1) is 22.8 Å². The minimum Gasteiger partial charge on any atom is -0.467 e. The average Bonchev–Trinajstić information content (AvgIpc) is 3.06. The highest BCUT2D eigenvalue weighted by atomic mass is 35.5. The second kappa shape index (κ2) is 9.27. The van der Waals surface area contributed by atoms with Crippen LogP contribution < -0.4 is 11.1 Å². The van der Waals surface area contributed by atoms with Crippen LogP contribution in [-0.2, 0) is 18.4 Å². The second-order valence-corrected chi connectivity index (χ2v) is 6.83. The molecule has 0 unspecified atom stereocenters. The van der Waals surface area contributed by atoms with Gasteiger partial charge in [-0.1, -0.05) is 20.8 Å². The smallest absolute Gasteiger partial charge is 0.254 e. The first kappa shape index (κ1) is 21.9. The topological polar surface area (TPSA) is 81.2 Å². The van der Waals surface area contributed by atoms with Gasteiger partial charge in [-0.2, -0.15) is 0 Å². The largest absolute Gasteiger partial charge is 0.467 e. The number of nitrogens with zero attached hydrogens (tertiary/aromatic N) is 1. The second-order valence-electron chi connectivity index (χ2n) is 5.89. The van der Waals surface area contributed by atoms with Crippen LogP contribution in [0.3, 0.4) is 0 Å². The molecule has 1 amide bonds. The van der Waals surface area contributed by atoms with E-state index in [0.717, 1.165) is 17.1 Å². The van der Waals surface area contributed by atoms with Crippen LogP contribution in [0.1, 0.15) is 47.6 Å². The summed E-state index contributed by atoms with van der Waals surface area (Å²) in [5, 5.41) is 5.98. The summed E-state index contributed by atoms with van der Waals surface area (Å²) in [7, 11) is 0. The first-order chi connectivity index (χ1) is 9.90. The zero-order valence-corrected chi connectivity index (χ0v) is 15.9. The summed E-state index contributed by atoms with van der Waals surface area (Å²) in [6.45, 7) is 7.27. The predicted octanol–water partition coefficient (Wildman–Crippen LogP) is 3.31. The molecule has 2 heterocycles. The van der Waals surface area contributed by atoms with Gasteiger partial charge in [0.25, 0.3) is 5.91 Å². The van der Waals surface area contributed by atoms with Crippen LogP contribution >= 0.6 is 36.2 Å². The zero-order valence-electron chi connectivity index (χ0n) is 13.4. The fraction of sp³-hybridized carbons (Fsp3) is 0.467. The Morgan fingerprint density at radius 1 is 1.39 bits per heavy atom. The van der Waals surface area contributed by atoms with E-state index in [1.54, 1.807) is 17.4 Å². The number of furan rings is 1. The van der Waals surface area contributed by atoms with Gasteiger partial charge >= 0.3 is 0 Å². The molecule has 8 heteroatoms. The molecular weight excluding hydrogens is 357 g/mol. The highest BCUT2D eigenvalue weighted by Crippen LogP contribution is 2.23. The predicted molar refractivity (Wildman–Crippen MR) is 97.9 cm³/mol. The Kier molecular flexibility index (Phi) is 8.84. The normalized spacial score (nSPS) is 10.6. The van der Waals surface area contributed by atoms with Gasteiger partial charge in [0.15, 0.2) is 0 Å². The number of carbonyl (C=O) groups is 1. The molecule has 0 fully saturated rings. The van der Waals surface area contributed by atoms with Crippen molar-refractivity contribution in [3.8, 4) is 0 Å². The van der Waals surface area contributed by atoms with Gasteiger partial charge in [0.1, 0.15) is 12.0 Å². The van der Waals surface area contributed by atoms with Crippen LogP contribution in [-0.4, -0.2) is 17.4 Å². The molecule has 0 aliphatic carbocycles. The van der Waals surface area contributed by atoms with Gasteiger partial charge in [0.2, 0.25) is 0 Å². The number of hydrogen-bond acceptors (Lipinski definition) is 5. The lowest BCUT2D eigenvalue weighted by Crippen LogP contribution is -2.25. The lowest BCUT2D eigenvalue weighted by atomic mass is 9.93. The molecule has 0 atom stereocenters. The minimum absolute atomic E-state index is 0. The molecule has 0 aromatic carbocycles. The van der Waals surface area contributed by atoms with E-state index < -0.39 is 0 Å². The van der Waals surface area contributed by atoms with Crippen molar-refractivity contribution in [2.45, 2.75) is 39.2 Å². The fourth-order valence-electron chi connectivity index (χ4n) is 1.76. The number of amides is 1. The van der Waals surface area contributed by atoms with Crippen LogP contribution in [0.2, 0.25) is 0 Å². The van der Waals surface area contributed by atoms with Crippen molar-refractivity contribution in [2.75, 3.05) is 6.54 Å². The summed E-state index contributed by atoms with van der Waals surface area (Å²) in [6, 6.07) is 1.66. The van der Waals surface area contributed by atoms with Gasteiger partial charge in [-0.3, -0.25) is 4.79 Å². The molecule has 0 radical (unpaired) electrons. The van der Waals surface area contributed by atoms with Gasteiger partial charge < -0.3 is 15.5 Å². The van der Waals surface area contributed by atoms with Crippen LogP contribution in [0.5, 0.6) is 0 Å². The van der Waals surface area contributed by atoms with Crippen molar-refractivity contribution < 1.29 is 9.21 Å². The molecule has 2 aromatic rings. The van der Waals surface area contributed by atoms with Crippen LogP contribution in [0.15, 0.2) is 22.1 Å². The number of nitrogens with one attached hydrogen (secondary N) is 1. The molecule has 0 saturated carbocycles. The van der Waals surface area contributed by atoms with Crippen molar-refractivity contribution in [1.29, 1.82) is 0 Å². The number of halogens is 2. The summed E-state index contributed by atoms with van der Waals surface area (Å²) < 4.78 is 5.14. The van der Waals surface area contributed by atoms with E-state index in [0.29, 0.717) is 24.4 Å². The summed E-state index contributed by atoms with van der Waals surface area (Å²) in [5.74, 6) is 0.459. The van der Waals surface area contributed by atoms with Gasteiger partial charge in [0, 0.05) is 23.8 Å². The molecule has 0 bridgehead atoms. The molecule has 130 valence electrons. The minimum atomic E-state index is -0.147. The summed E-state index contributed by atoms with van der Waals surface area (Å²) >= 11 is 1.63. The van der Waals surface area contributed by atoms with E-state index in [4.69, 9.17) is 10.2 Å². The van der Waals surface area contributed by atoms with Crippen LogP contribution in [0.4, 0.5) is 0 Å². The Morgan fingerprint density at radius 2 is 2.09 bits per heavy atom. The van der Waals surface area contributed by atoms with Crippen molar-refractivity contribution in [3.05, 3.63) is 39.7 Å². The maximum Gasteiger partial charge on any atom is 0.254 e. The average molecular weight is 380 g/mol. The Labute approximate surface area is 152 Å². The molecule has 0 saturated heterocycles. The molecular formula is C15H23Cl2N3O2S. The third-order valence-electron chi connectivity index (χ3n) is 3.06. The number of thiazole rings is 1. The fourth-order valence-corrected chi connectivity index (χ4v) is 2.79. The van der Waals surface area contributed by atoms with Gasteiger partial charge in [-0.05, 0) is 6.07 Å². The van der Waals surface area contributed by atoms with Crippen LogP contribution in [0.25, 0.3) is 0 Å². The van der Waals surface area contributed by atoms with Gasteiger partial charge in [-0.25, -0.2) is 4.98 Å². The third kappa shape index (κ3) is 6.14.